The number of rotatable bonds is 6. The van der Waals surface area contributed by atoms with Crippen LogP contribution in [0.4, 0.5) is 0 Å². The van der Waals surface area contributed by atoms with E-state index in [0.717, 1.165) is 17.5 Å². The molecule has 1 unspecified atom stereocenters. The van der Waals surface area contributed by atoms with Crippen molar-refractivity contribution < 1.29 is 19.4 Å². The van der Waals surface area contributed by atoms with Gasteiger partial charge in [0.05, 0.1) is 6.42 Å². The number of nitrogens with zero attached hydrogens (tertiary/aromatic N) is 1. The number of hydrogen-bond donors (Lipinski definition) is 1. The Bertz CT molecular complexity index is 802. The van der Waals surface area contributed by atoms with Crippen LogP contribution in [0.5, 0.6) is 5.75 Å². The molecule has 2 aromatic carbocycles. The monoisotopic (exact) mass is 353 g/mol. The van der Waals surface area contributed by atoms with Crippen molar-refractivity contribution in [2.75, 3.05) is 6.54 Å². The molecule has 1 fully saturated rings. The van der Waals surface area contributed by atoms with Crippen molar-refractivity contribution >= 4 is 11.9 Å². The third-order valence-electron chi connectivity index (χ3n) is 4.60. The number of aryl methyl sites for hydroxylation is 1. The third-order valence-corrected chi connectivity index (χ3v) is 4.60. The zero-order valence-electron chi connectivity index (χ0n) is 14.9. The number of carbonyl (C=O) groups excluding carboxylic acids is 1. The fourth-order valence-corrected chi connectivity index (χ4v) is 3.31. The van der Waals surface area contributed by atoms with Crippen LogP contribution in [-0.2, 0) is 22.6 Å². The summed E-state index contributed by atoms with van der Waals surface area (Å²) in [6.45, 7) is 3.02. The number of likely N-dealkylation sites (tertiary alicyclic amines) is 1. The Labute approximate surface area is 153 Å². The average molecular weight is 353 g/mol. The minimum atomic E-state index is -0.925. The number of benzene rings is 2. The van der Waals surface area contributed by atoms with E-state index >= 15 is 0 Å². The van der Waals surface area contributed by atoms with E-state index in [9.17, 15) is 14.7 Å². The highest BCUT2D eigenvalue weighted by atomic mass is 16.5. The molecular weight excluding hydrogens is 330 g/mol. The van der Waals surface area contributed by atoms with Gasteiger partial charge in [0.15, 0.2) is 0 Å². The molecule has 0 saturated carbocycles. The first kappa shape index (κ1) is 18.0. The van der Waals surface area contributed by atoms with Crippen LogP contribution < -0.4 is 4.74 Å². The Kier molecular flexibility index (Phi) is 5.56. The van der Waals surface area contributed by atoms with E-state index in [1.54, 1.807) is 0 Å². The number of amides is 1. The van der Waals surface area contributed by atoms with Crippen molar-refractivity contribution in [2.45, 2.75) is 38.8 Å². The zero-order valence-corrected chi connectivity index (χ0v) is 14.9. The molecule has 0 aliphatic carbocycles. The average Bonchev–Trinajstić information content (AvgIpc) is 3.11. The lowest BCUT2D eigenvalue weighted by atomic mass is 10.1. The third kappa shape index (κ3) is 4.42. The largest absolute Gasteiger partial charge is 0.489 e. The first-order valence-electron chi connectivity index (χ1n) is 8.82. The lowest BCUT2D eigenvalue weighted by molar-refractivity contribution is -0.148. The summed E-state index contributed by atoms with van der Waals surface area (Å²) < 4.78 is 5.84. The molecule has 1 aliphatic heterocycles. The van der Waals surface area contributed by atoms with Crippen molar-refractivity contribution in [1.29, 1.82) is 0 Å². The summed E-state index contributed by atoms with van der Waals surface area (Å²) in [5, 5.41) is 9.23. The predicted molar refractivity (Wildman–Crippen MR) is 98.0 cm³/mol. The topological polar surface area (TPSA) is 66.8 Å². The Morgan fingerprint density at radius 1 is 1.15 bits per heavy atom. The van der Waals surface area contributed by atoms with Crippen LogP contribution in [0.25, 0.3) is 0 Å². The SMILES string of the molecule is Cc1cccc(COc2cccc(CC(=O)N3CCCC3C(=O)O)c2)c1. The van der Waals surface area contributed by atoms with Gasteiger partial charge in [-0.15, -0.1) is 0 Å². The lowest BCUT2D eigenvalue weighted by Gasteiger charge is -2.21. The smallest absolute Gasteiger partial charge is 0.326 e. The second-order valence-electron chi connectivity index (χ2n) is 6.69. The molecule has 1 amide bonds. The quantitative estimate of drug-likeness (QED) is 0.866. The summed E-state index contributed by atoms with van der Waals surface area (Å²) in [6, 6.07) is 14.9. The van der Waals surface area contributed by atoms with Gasteiger partial charge in [0.1, 0.15) is 18.4 Å². The lowest BCUT2D eigenvalue weighted by Crippen LogP contribution is -2.41. The Morgan fingerprint density at radius 3 is 2.69 bits per heavy atom. The maximum absolute atomic E-state index is 12.5. The van der Waals surface area contributed by atoms with Gasteiger partial charge in [0.2, 0.25) is 5.91 Å². The summed E-state index contributed by atoms with van der Waals surface area (Å²) in [7, 11) is 0. The maximum atomic E-state index is 12.5. The van der Waals surface area contributed by atoms with E-state index in [4.69, 9.17) is 4.74 Å². The highest BCUT2D eigenvalue weighted by molar-refractivity contribution is 5.85. The normalized spacial score (nSPS) is 16.5. The van der Waals surface area contributed by atoms with Crippen LogP contribution in [0, 0.1) is 6.92 Å². The first-order chi connectivity index (χ1) is 12.5. The number of aliphatic carboxylic acids is 1. The summed E-state index contributed by atoms with van der Waals surface area (Å²) in [6.07, 6.45) is 1.45. The summed E-state index contributed by atoms with van der Waals surface area (Å²) >= 11 is 0. The highest BCUT2D eigenvalue weighted by Crippen LogP contribution is 2.21. The maximum Gasteiger partial charge on any atom is 0.326 e. The van der Waals surface area contributed by atoms with Crippen molar-refractivity contribution in [1.82, 2.24) is 4.90 Å². The fraction of sp³-hybridized carbons (Fsp3) is 0.333. The Hall–Kier alpha value is -2.82. The molecule has 5 heteroatoms. The molecule has 1 heterocycles. The number of ether oxygens (including phenoxy) is 1. The van der Waals surface area contributed by atoms with E-state index in [0.29, 0.717) is 25.3 Å². The predicted octanol–water partition coefficient (Wildman–Crippen LogP) is 3.19. The van der Waals surface area contributed by atoms with Crippen LogP contribution in [0.15, 0.2) is 48.5 Å². The summed E-state index contributed by atoms with van der Waals surface area (Å²) in [4.78, 5) is 25.2. The Balaban J connectivity index is 1.62. The minimum absolute atomic E-state index is 0.147. The molecule has 0 bridgehead atoms. The first-order valence-corrected chi connectivity index (χ1v) is 8.82. The number of carboxylic acid groups (broad SMARTS) is 1. The van der Waals surface area contributed by atoms with Gasteiger partial charge in [-0.25, -0.2) is 4.79 Å². The second kappa shape index (κ2) is 8.04. The highest BCUT2D eigenvalue weighted by Gasteiger charge is 2.33. The van der Waals surface area contributed by atoms with Crippen molar-refractivity contribution in [2.24, 2.45) is 0 Å². The van der Waals surface area contributed by atoms with Gasteiger partial charge in [-0.05, 0) is 43.0 Å². The van der Waals surface area contributed by atoms with Gasteiger partial charge >= 0.3 is 5.97 Å². The van der Waals surface area contributed by atoms with Gasteiger partial charge in [0, 0.05) is 6.54 Å². The molecule has 3 rings (SSSR count). The molecule has 1 saturated heterocycles. The molecule has 2 aromatic rings. The van der Waals surface area contributed by atoms with Crippen molar-refractivity contribution in [3.63, 3.8) is 0 Å². The molecule has 26 heavy (non-hydrogen) atoms. The number of hydrogen-bond acceptors (Lipinski definition) is 3. The van der Waals surface area contributed by atoms with E-state index in [1.165, 1.54) is 10.5 Å². The van der Waals surface area contributed by atoms with Gasteiger partial charge < -0.3 is 14.7 Å². The van der Waals surface area contributed by atoms with Gasteiger partial charge in [-0.1, -0.05) is 42.0 Å². The molecule has 1 aliphatic rings. The van der Waals surface area contributed by atoms with Crippen LogP contribution in [0.3, 0.4) is 0 Å². The molecule has 1 N–H and O–H groups in total. The number of carbonyl (C=O) groups is 2. The molecular formula is C21H23NO4. The second-order valence-corrected chi connectivity index (χ2v) is 6.69. The van der Waals surface area contributed by atoms with Gasteiger partial charge in [-0.2, -0.15) is 0 Å². The standard InChI is InChI=1S/C21H23NO4/c1-15-5-2-7-17(11-15)14-26-18-8-3-6-16(12-18)13-20(23)22-10-4-9-19(22)21(24)25/h2-3,5-8,11-12,19H,4,9-10,13-14H2,1H3,(H,24,25). The molecule has 0 aromatic heterocycles. The van der Waals surface area contributed by atoms with E-state index in [2.05, 4.69) is 6.07 Å². The molecule has 5 nitrogen and oxygen atoms in total. The molecule has 1 atom stereocenters. The van der Waals surface area contributed by atoms with E-state index in [1.807, 2.05) is 49.4 Å². The molecule has 0 spiro atoms. The molecule has 0 radical (unpaired) electrons. The number of carboxylic acids is 1. The minimum Gasteiger partial charge on any atom is -0.489 e. The summed E-state index contributed by atoms with van der Waals surface area (Å²) in [5.74, 6) is -0.371. The fourth-order valence-electron chi connectivity index (χ4n) is 3.31. The summed E-state index contributed by atoms with van der Waals surface area (Å²) in [5.41, 5.74) is 3.10. The van der Waals surface area contributed by atoms with E-state index in [-0.39, 0.29) is 12.3 Å². The van der Waals surface area contributed by atoms with Gasteiger partial charge in [-0.3, -0.25) is 4.79 Å². The zero-order chi connectivity index (χ0) is 18.5. The Morgan fingerprint density at radius 2 is 1.92 bits per heavy atom. The van der Waals surface area contributed by atoms with Gasteiger partial charge in [0.25, 0.3) is 0 Å². The van der Waals surface area contributed by atoms with Crippen molar-refractivity contribution in [3.8, 4) is 5.75 Å². The molecule has 136 valence electrons. The van der Waals surface area contributed by atoms with Crippen LogP contribution >= 0.6 is 0 Å². The van der Waals surface area contributed by atoms with Crippen LogP contribution in [0.1, 0.15) is 29.5 Å². The van der Waals surface area contributed by atoms with E-state index < -0.39 is 12.0 Å². The van der Waals surface area contributed by atoms with Crippen LogP contribution in [-0.4, -0.2) is 34.5 Å². The van der Waals surface area contributed by atoms with Crippen LogP contribution in [0.2, 0.25) is 0 Å². The van der Waals surface area contributed by atoms with Crippen molar-refractivity contribution in [3.05, 3.63) is 65.2 Å².